The molecule has 0 saturated heterocycles. The number of hydrogen-bond acceptors (Lipinski definition) is 4. The lowest BCUT2D eigenvalue weighted by atomic mass is 10.4. The molecule has 0 atom stereocenters. The molecule has 0 unspecified atom stereocenters. The van der Waals surface area contributed by atoms with Crippen molar-refractivity contribution in [1.29, 1.82) is 0 Å². The predicted octanol–water partition coefficient (Wildman–Crippen LogP) is 6.87. The average molecular weight is 579 g/mol. The predicted molar refractivity (Wildman–Crippen MR) is 167 cm³/mol. The highest BCUT2D eigenvalue weighted by atomic mass is 28.5. The summed E-state index contributed by atoms with van der Waals surface area (Å²) in [5.74, 6) is 0. The molecular formula is C27H50O4Si5. The summed E-state index contributed by atoms with van der Waals surface area (Å²) in [5.41, 5.74) is 0. The van der Waals surface area contributed by atoms with Crippen LogP contribution in [0.1, 0.15) is 41.5 Å². The first-order valence-electron chi connectivity index (χ1n) is 13.9. The molecule has 36 heavy (non-hydrogen) atoms. The fraction of sp³-hybridized carbons (Fsp3) is 0.556. The van der Waals surface area contributed by atoms with E-state index in [1.54, 1.807) is 0 Å². The van der Waals surface area contributed by atoms with Gasteiger partial charge in [0.1, 0.15) is 0 Å². The third kappa shape index (κ3) is 8.44. The SMILES string of the molecule is CC[Si](CC)(O[SiH](c1ccccc1)c1ccccc1)O[Si](CC)(CC)O[Si](CC)(CC)O[Si](C)(C)C. The number of hydrogen-bond donors (Lipinski definition) is 0. The van der Waals surface area contributed by atoms with E-state index < -0.39 is 43.0 Å². The molecule has 0 aromatic heterocycles. The minimum Gasteiger partial charge on any atom is -0.436 e. The van der Waals surface area contributed by atoms with Crippen LogP contribution in [0.25, 0.3) is 0 Å². The summed E-state index contributed by atoms with van der Waals surface area (Å²) in [5, 5.41) is 2.61. The Hall–Kier alpha value is -0.636. The maximum Gasteiger partial charge on any atom is 0.320 e. The average Bonchev–Trinajstić information content (AvgIpc) is 2.90. The molecule has 0 aliphatic carbocycles. The van der Waals surface area contributed by atoms with E-state index in [9.17, 15) is 0 Å². The first-order valence-corrected chi connectivity index (χ1v) is 25.7. The lowest BCUT2D eigenvalue weighted by Crippen LogP contribution is -2.64. The van der Waals surface area contributed by atoms with Gasteiger partial charge in [-0.3, -0.25) is 0 Å². The highest BCUT2D eigenvalue weighted by Gasteiger charge is 2.52. The molecule has 202 valence electrons. The molecule has 0 spiro atoms. The van der Waals surface area contributed by atoms with Gasteiger partial charge in [-0.15, -0.1) is 0 Å². The second kappa shape index (κ2) is 14.0. The Morgan fingerprint density at radius 1 is 0.500 bits per heavy atom. The summed E-state index contributed by atoms with van der Waals surface area (Å²) in [6.45, 7) is 20.3. The van der Waals surface area contributed by atoms with Crippen molar-refractivity contribution in [3.05, 3.63) is 60.7 Å². The Morgan fingerprint density at radius 2 is 0.833 bits per heavy atom. The molecule has 0 N–H and O–H groups in total. The van der Waals surface area contributed by atoms with E-state index >= 15 is 0 Å². The third-order valence-electron chi connectivity index (χ3n) is 7.01. The molecule has 2 aromatic carbocycles. The van der Waals surface area contributed by atoms with Crippen LogP contribution in [0.5, 0.6) is 0 Å². The molecule has 2 rings (SSSR count). The van der Waals surface area contributed by atoms with Crippen molar-refractivity contribution in [3.8, 4) is 0 Å². The van der Waals surface area contributed by atoms with E-state index in [-0.39, 0.29) is 0 Å². The molecule has 4 nitrogen and oxygen atoms in total. The third-order valence-corrected chi connectivity index (χ3v) is 28.0. The maximum absolute atomic E-state index is 7.41. The lowest BCUT2D eigenvalue weighted by Gasteiger charge is -2.46. The first-order chi connectivity index (χ1) is 17.0. The fourth-order valence-corrected chi connectivity index (χ4v) is 29.3. The van der Waals surface area contributed by atoms with E-state index in [4.69, 9.17) is 16.5 Å². The molecular weight excluding hydrogens is 529 g/mol. The molecule has 0 heterocycles. The summed E-state index contributed by atoms with van der Waals surface area (Å²) < 4.78 is 28.9. The van der Waals surface area contributed by atoms with Gasteiger partial charge in [-0.25, -0.2) is 0 Å². The van der Waals surface area contributed by atoms with Gasteiger partial charge in [0, 0.05) is 0 Å². The molecule has 0 aliphatic rings. The summed E-state index contributed by atoms with van der Waals surface area (Å²) >= 11 is 0. The lowest BCUT2D eigenvalue weighted by molar-refractivity contribution is 0.278. The van der Waals surface area contributed by atoms with Crippen LogP contribution in [0.3, 0.4) is 0 Å². The van der Waals surface area contributed by atoms with E-state index in [2.05, 4.69) is 122 Å². The molecule has 9 heteroatoms. The molecule has 0 aliphatic heterocycles. The monoisotopic (exact) mass is 578 g/mol. The first kappa shape index (κ1) is 31.6. The molecule has 2 aromatic rings. The van der Waals surface area contributed by atoms with E-state index in [0.29, 0.717) is 0 Å². The Balaban J connectivity index is 2.49. The zero-order valence-corrected chi connectivity index (χ0v) is 29.4. The molecule has 0 fully saturated rings. The topological polar surface area (TPSA) is 36.9 Å². The van der Waals surface area contributed by atoms with Crippen molar-refractivity contribution in [3.63, 3.8) is 0 Å². The second-order valence-electron chi connectivity index (χ2n) is 10.6. The van der Waals surface area contributed by atoms with Gasteiger partial charge in [0.2, 0.25) is 9.04 Å². The minimum atomic E-state index is -2.56. The summed E-state index contributed by atoms with van der Waals surface area (Å²) in [6, 6.07) is 27.2. The van der Waals surface area contributed by atoms with Gasteiger partial charge >= 0.3 is 25.7 Å². The van der Waals surface area contributed by atoms with Gasteiger partial charge in [0.05, 0.1) is 0 Å². The van der Waals surface area contributed by atoms with Gasteiger partial charge in [0.15, 0.2) is 8.32 Å². The highest BCUT2D eigenvalue weighted by molar-refractivity contribution is 6.93. The smallest absolute Gasteiger partial charge is 0.320 e. The standard InChI is InChI=1S/C27H50O4Si5/c1-10-34(11-2,28-32(26-22-18-16-19-23-26)27-24-20-17-21-25-27)30-36(14-5,15-6)31-35(12-3,13-4)29-33(7,8)9/h16-25,32H,10-15H2,1-9H3. The minimum absolute atomic E-state index is 0.923. The van der Waals surface area contributed by atoms with Crippen LogP contribution in [-0.2, 0) is 16.5 Å². The van der Waals surface area contributed by atoms with Crippen LogP contribution in [0.4, 0.5) is 0 Å². The summed E-state index contributed by atoms with van der Waals surface area (Å²) in [4.78, 5) is 0. The van der Waals surface area contributed by atoms with Crippen LogP contribution in [-0.4, -0.2) is 43.0 Å². The van der Waals surface area contributed by atoms with E-state index in [0.717, 1.165) is 36.3 Å². The van der Waals surface area contributed by atoms with Crippen molar-refractivity contribution >= 4 is 53.4 Å². The number of rotatable bonds is 16. The van der Waals surface area contributed by atoms with Gasteiger partial charge in [0.25, 0.3) is 0 Å². The molecule has 0 bridgehead atoms. The van der Waals surface area contributed by atoms with Gasteiger partial charge in [-0.1, -0.05) is 102 Å². The zero-order chi connectivity index (χ0) is 26.9. The van der Waals surface area contributed by atoms with E-state index in [1.165, 1.54) is 10.4 Å². The quantitative estimate of drug-likeness (QED) is 0.204. The molecule has 0 radical (unpaired) electrons. The van der Waals surface area contributed by atoms with Crippen molar-refractivity contribution in [2.24, 2.45) is 0 Å². The van der Waals surface area contributed by atoms with Crippen LogP contribution in [0.2, 0.25) is 55.9 Å². The number of benzene rings is 2. The van der Waals surface area contributed by atoms with Crippen LogP contribution in [0, 0.1) is 0 Å². The van der Waals surface area contributed by atoms with E-state index in [1.807, 2.05) is 0 Å². The van der Waals surface area contributed by atoms with Gasteiger partial charge in [-0.05, 0) is 66.3 Å². The zero-order valence-electron chi connectivity index (χ0n) is 24.2. The summed E-state index contributed by atoms with van der Waals surface area (Å²) in [6.07, 6.45) is 0. The van der Waals surface area contributed by atoms with Gasteiger partial charge < -0.3 is 16.5 Å². The Labute approximate surface area is 227 Å². The Morgan fingerprint density at radius 3 is 1.17 bits per heavy atom. The normalized spacial score (nSPS) is 13.4. The second-order valence-corrected chi connectivity index (χ2v) is 30.0. The molecule has 0 amide bonds. The fourth-order valence-electron chi connectivity index (χ4n) is 4.74. The van der Waals surface area contributed by atoms with Crippen molar-refractivity contribution in [1.82, 2.24) is 0 Å². The van der Waals surface area contributed by atoms with Crippen LogP contribution in [0.15, 0.2) is 60.7 Å². The van der Waals surface area contributed by atoms with Crippen LogP contribution >= 0.6 is 0 Å². The van der Waals surface area contributed by atoms with Gasteiger partial charge in [-0.2, -0.15) is 0 Å². The van der Waals surface area contributed by atoms with Crippen LogP contribution < -0.4 is 10.4 Å². The largest absolute Gasteiger partial charge is 0.436 e. The molecule has 0 saturated carbocycles. The highest BCUT2D eigenvalue weighted by Crippen LogP contribution is 2.35. The Bertz CT molecular complexity index is 841. The Kier molecular flexibility index (Phi) is 12.2. The van der Waals surface area contributed by atoms with Crippen molar-refractivity contribution in [2.45, 2.75) is 97.4 Å². The van der Waals surface area contributed by atoms with Crippen molar-refractivity contribution < 1.29 is 16.5 Å². The maximum atomic E-state index is 7.41. The summed E-state index contributed by atoms with van der Waals surface area (Å²) in [7, 11) is -11.2. The van der Waals surface area contributed by atoms with Crippen molar-refractivity contribution in [2.75, 3.05) is 0 Å².